The van der Waals surface area contributed by atoms with Crippen LogP contribution in [-0.4, -0.2) is 5.91 Å². The summed E-state index contributed by atoms with van der Waals surface area (Å²) in [6.45, 7) is 4.33. The molecule has 0 atom stereocenters. The lowest BCUT2D eigenvalue weighted by molar-refractivity contribution is 0.102. The van der Waals surface area contributed by atoms with Crippen LogP contribution in [0.2, 0.25) is 0 Å². The molecule has 0 saturated carbocycles. The van der Waals surface area contributed by atoms with Crippen molar-refractivity contribution in [3.05, 3.63) is 83.7 Å². The number of nitrogens with two attached hydrogens (primary N) is 1. The summed E-state index contributed by atoms with van der Waals surface area (Å²) in [5.74, 6) is 0.0661. The lowest BCUT2D eigenvalue weighted by atomic mass is 10.0. The SMILES string of the molecule is CC(C)Cc1ccc(C(=O)Nc2cc(-c3ccc([18F])cc3)ccc2N)cc1. The number of nitrogens with one attached hydrogen (secondary N) is 1. The second-order valence-corrected chi connectivity index (χ2v) is 7.06. The van der Waals surface area contributed by atoms with Gasteiger partial charge in [0.05, 0.1) is 11.4 Å². The van der Waals surface area contributed by atoms with E-state index in [2.05, 4.69) is 19.2 Å². The van der Waals surface area contributed by atoms with Crippen molar-refractivity contribution in [1.29, 1.82) is 0 Å². The minimum atomic E-state index is -0.288. The molecule has 0 fully saturated rings. The minimum absolute atomic E-state index is 0.214. The van der Waals surface area contributed by atoms with Crippen LogP contribution in [0, 0.1) is 11.7 Å². The zero-order chi connectivity index (χ0) is 19.4. The number of hydrogen-bond donors (Lipinski definition) is 2. The summed E-state index contributed by atoms with van der Waals surface area (Å²) >= 11 is 0. The number of rotatable bonds is 5. The van der Waals surface area contributed by atoms with Crippen LogP contribution < -0.4 is 11.1 Å². The van der Waals surface area contributed by atoms with Gasteiger partial charge in [0.15, 0.2) is 0 Å². The van der Waals surface area contributed by atoms with Gasteiger partial charge in [-0.15, -0.1) is 0 Å². The van der Waals surface area contributed by atoms with E-state index in [-0.39, 0.29) is 11.7 Å². The molecule has 0 unspecified atom stereocenters. The van der Waals surface area contributed by atoms with E-state index in [9.17, 15) is 9.18 Å². The van der Waals surface area contributed by atoms with E-state index in [1.54, 1.807) is 24.3 Å². The molecule has 0 aliphatic carbocycles. The minimum Gasteiger partial charge on any atom is -0.397 e. The molecule has 27 heavy (non-hydrogen) atoms. The van der Waals surface area contributed by atoms with Gasteiger partial charge >= 0.3 is 0 Å². The van der Waals surface area contributed by atoms with Crippen molar-refractivity contribution in [2.75, 3.05) is 11.1 Å². The topological polar surface area (TPSA) is 55.1 Å². The normalized spacial score (nSPS) is 10.8. The number of amides is 1. The molecule has 0 aromatic heterocycles. The summed E-state index contributed by atoms with van der Waals surface area (Å²) in [6.07, 6.45) is 0.981. The van der Waals surface area contributed by atoms with Crippen molar-refractivity contribution in [2.45, 2.75) is 20.3 Å². The molecule has 0 heterocycles. The molecule has 3 rings (SSSR count). The average Bonchev–Trinajstić information content (AvgIpc) is 2.64. The zero-order valence-corrected chi connectivity index (χ0v) is 15.5. The number of benzene rings is 3. The van der Waals surface area contributed by atoms with Gasteiger partial charge < -0.3 is 11.1 Å². The van der Waals surface area contributed by atoms with Crippen molar-refractivity contribution in [3.63, 3.8) is 0 Å². The van der Waals surface area contributed by atoms with Gasteiger partial charge in [0.2, 0.25) is 0 Å². The Kier molecular flexibility index (Phi) is 5.55. The van der Waals surface area contributed by atoms with Crippen LogP contribution in [0.5, 0.6) is 0 Å². The molecule has 0 bridgehead atoms. The summed E-state index contributed by atoms with van der Waals surface area (Å²) in [6, 6.07) is 19.2. The predicted octanol–water partition coefficient (Wildman–Crippen LogP) is 5.53. The Morgan fingerprint density at radius 3 is 2.22 bits per heavy atom. The van der Waals surface area contributed by atoms with Gasteiger partial charge in [-0.1, -0.05) is 44.2 Å². The molecular weight excluding hydrogens is 338 g/mol. The van der Waals surface area contributed by atoms with Gasteiger partial charge in [0.1, 0.15) is 5.82 Å². The molecule has 3 aromatic rings. The smallest absolute Gasteiger partial charge is 0.255 e. The van der Waals surface area contributed by atoms with E-state index in [1.165, 1.54) is 17.7 Å². The third-order valence-electron chi connectivity index (χ3n) is 4.34. The Hall–Kier alpha value is -3.14. The molecule has 4 heteroatoms. The van der Waals surface area contributed by atoms with Crippen LogP contribution in [0.4, 0.5) is 15.8 Å². The molecule has 0 radical (unpaired) electrons. The first-order chi connectivity index (χ1) is 12.9. The van der Waals surface area contributed by atoms with E-state index in [0.29, 0.717) is 22.9 Å². The van der Waals surface area contributed by atoms with Crippen LogP contribution >= 0.6 is 0 Å². The Morgan fingerprint density at radius 2 is 1.59 bits per heavy atom. The van der Waals surface area contributed by atoms with E-state index < -0.39 is 0 Å². The first-order valence-corrected chi connectivity index (χ1v) is 8.98. The summed E-state index contributed by atoms with van der Waals surface area (Å²) < 4.78 is 13.1. The number of anilines is 2. The van der Waals surface area contributed by atoms with Crippen LogP contribution in [0.15, 0.2) is 66.7 Å². The molecule has 3 aromatic carbocycles. The summed E-state index contributed by atoms with van der Waals surface area (Å²) in [5.41, 5.74) is 10.5. The predicted molar refractivity (Wildman–Crippen MR) is 109 cm³/mol. The highest BCUT2D eigenvalue weighted by atomic mass is 18.2. The van der Waals surface area contributed by atoms with E-state index in [4.69, 9.17) is 5.73 Å². The van der Waals surface area contributed by atoms with Crippen molar-refractivity contribution in [3.8, 4) is 11.1 Å². The first-order valence-electron chi connectivity index (χ1n) is 8.98. The maximum Gasteiger partial charge on any atom is 0.255 e. The largest absolute Gasteiger partial charge is 0.397 e. The average molecular weight is 361 g/mol. The molecule has 0 spiro atoms. The molecule has 138 valence electrons. The highest BCUT2D eigenvalue weighted by molar-refractivity contribution is 6.06. The van der Waals surface area contributed by atoms with Gasteiger partial charge in [-0.2, -0.15) is 0 Å². The van der Waals surface area contributed by atoms with Crippen LogP contribution in [0.3, 0.4) is 0 Å². The first kappa shape index (κ1) is 18.6. The fourth-order valence-electron chi connectivity index (χ4n) is 2.94. The standard InChI is InChI=1S/C23H23FN2O/c1-15(2)13-16-3-5-18(6-4-16)23(27)26-22-14-19(9-12-21(22)25)17-7-10-20(24)11-8-17/h3-12,14-15H,13,25H2,1-2H3,(H,26,27)/i24-1. The highest BCUT2D eigenvalue weighted by Gasteiger charge is 2.10. The summed E-state index contributed by atoms with van der Waals surface area (Å²) in [7, 11) is 0. The molecule has 3 N–H and O–H groups in total. The Labute approximate surface area is 159 Å². The third-order valence-corrected chi connectivity index (χ3v) is 4.34. The molecule has 0 aliphatic rings. The Bertz CT molecular complexity index is 932. The van der Waals surface area contributed by atoms with Crippen molar-refractivity contribution in [2.24, 2.45) is 5.92 Å². The monoisotopic (exact) mass is 361 g/mol. The molecule has 1 amide bonds. The van der Waals surface area contributed by atoms with Crippen LogP contribution in [0.25, 0.3) is 11.1 Å². The molecular formula is C23H23FN2O. The highest BCUT2D eigenvalue weighted by Crippen LogP contribution is 2.28. The lowest BCUT2D eigenvalue weighted by Gasteiger charge is -2.11. The maximum atomic E-state index is 13.1. The van der Waals surface area contributed by atoms with Gasteiger partial charge in [-0.05, 0) is 65.4 Å². The van der Waals surface area contributed by atoms with E-state index in [0.717, 1.165) is 17.5 Å². The van der Waals surface area contributed by atoms with Gasteiger partial charge in [0, 0.05) is 5.56 Å². The number of carbonyl (C=O) groups is 1. The zero-order valence-electron chi connectivity index (χ0n) is 15.5. The molecule has 0 saturated heterocycles. The fourth-order valence-corrected chi connectivity index (χ4v) is 2.94. The Morgan fingerprint density at radius 1 is 0.963 bits per heavy atom. The molecule has 0 aliphatic heterocycles. The second kappa shape index (κ2) is 8.04. The number of carbonyl (C=O) groups excluding carboxylic acids is 1. The van der Waals surface area contributed by atoms with Crippen molar-refractivity contribution >= 4 is 17.3 Å². The van der Waals surface area contributed by atoms with Crippen molar-refractivity contribution < 1.29 is 9.18 Å². The summed E-state index contributed by atoms with van der Waals surface area (Å²) in [5, 5.41) is 2.87. The second-order valence-electron chi connectivity index (χ2n) is 7.06. The molecule has 3 nitrogen and oxygen atoms in total. The van der Waals surface area contributed by atoms with Gasteiger partial charge in [0.25, 0.3) is 5.91 Å². The lowest BCUT2D eigenvalue weighted by Crippen LogP contribution is -2.13. The maximum absolute atomic E-state index is 13.1. The van der Waals surface area contributed by atoms with Gasteiger partial charge in [-0.3, -0.25) is 4.79 Å². The van der Waals surface area contributed by atoms with E-state index >= 15 is 0 Å². The Balaban J connectivity index is 1.79. The number of halogens is 1. The van der Waals surface area contributed by atoms with Crippen molar-refractivity contribution in [1.82, 2.24) is 0 Å². The van der Waals surface area contributed by atoms with Crippen LogP contribution in [0.1, 0.15) is 29.8 Å². The fraction of sp³-hybridized carbons (Fsp3) is 0.174. The quantitative estimate of drug-likeness (QED) is 0.587. The van der Waals surface area contributed by atoms with E-state index in [1.807, 2.05) is 30.3 Å². The number of hydrogen-bond acceptors (Lipinski definition) is 2. The number of nitrogen functional groups attached to an aromatic ring is 1. The van der Waals surface area contributed by atoms with Gasteiger partial charge in [-0.25, -0.2) is 4.39 Å². The van der Waals surface area contributed by atoms with Crippen LogP contribution in [-0.2, 0) is 6.42 Å². The third kappa shape index (κ3) is 4.73. The summed E-state index contributed by atoms with van der Waals surface area (Å²) in [4.78, 5) is 12.6.